The first kappa shape index (κ1) is 110. The van der Waals surface area contributed by atoms with Crippen LogP contribution in [0, 0.1) is 33.5 Å². The third-order valence-corrected chi connectivity index (χ3v) is 19.3. The van der Waals surface area contributed by atoms with E-state index in [1.807, 2.05) is 128 Å². The Kier molecular flexibility index (Phi) is 42.7. The Morgan fingerprint density at radius 1 is 0.336 bits per heavy atom. The van der Waals surface area contributed by atoms with Gasteiger partial charge in [-0.1, -0.05) is 279 Å². The summed E-state index contributed by atoms with van der Waals surface area (Å²) in [5, 5.41) is 1.86. The van der Waals surface area contributed by atoms with Crippen LogP contribution < -0.4 is 14.4 Å². The van der Waals surface area contributed by atoms with Crippen molar-refractivity contribution in [2.45, 2.75) is 296 Å². The number of alkyl halides is 3. The SMILES string of the molecule is CC(C)(C)c1cc(Cl)cnc1Cl.CC(C)(C)c1ccc(C(F)(F)F)nc1.CC(C)(C)c1ccc(Cl)cn1.CC(C)(C)c1ccc(F)cn1.CC(C)(C)c1ccc(N2CCOCC2)nc1.COc1ccc(C(C)(C)C)c(C)n1.COc1ccc(C(C)(C)C)cn1.Cc1ccc(C(C)(C)C)nc1.Cc1ccnc(C(C)(C)C)c1.Cc1ncccc1C(C)(C)C. The smallest absolute Gasteiger partial charge is 0.433 e. The molecule has 0 atom stereocenters. The largest absolute Gasteiger partial charge is 0.481 e. The van der Waals surface area contributed by atoms with Crippen molar-refractivity contribution < 1.29 is 31.8 Å². The molecule has 1 fully saturated rings. The van der Waals surface area contributed by atoms with Gasteiger partial charge in [0.25, 0.3) is 0 Å². The second-order valence-corrected chi connectivity index (χ2v) is 41.5. The topological polar surface area (TPSA) is 160 Å². The maximum Gasteiger partial charge on any atom is 0.433 e. The summed E-state index contributed by atoms with van der Waals surface area (Å²) in [7, 11) is 3.26. The molecule has 0 saturated carbocycles. The summed E-state index contributed by atoms with van der Waals surface area (Å²) in [6, 6.07) is 36.0. The van der Waals surface area contributed by atoms with Crippen molar-refractivity contribution in [1.29, 1.82) is 0 Å². The summed E-state index contributed by atoms with van der Waals surface area (Å²) in [5.74, 6) is 2.14. The van der Waals surface area contributed by atoms with Crippen molar-refractivity contribution in [1.82, 2.24) is 49.8 Å². The molecule has 0 amide bonds. The van der Waals surface area contributed by atoms with Gasteiger partial charge in [0.2, 0.25) is 11.8 Å². The highest BCUT2D eigenvalue weighted by Gasteiger charge is 2.33. The highest BCUT2D eigenvalue weighted by atomic mass is 35.5. The van der Waals surface area contributed by atoms with Crippen molar-refractivity contribution in [2.24, 2.45) is 0 Å². The number of morpholine rings is 1. The van der Waals surface area contributed by atoms with Gasteiger partial charge in [-0.3, -0.25) is 29.9 Å². The van der Waals surface area contributed by atoms with E-state index in [9.17, 15) is 17.6 Å². The molecule has 0 aliphatic carbocycles. The minimum Gasteiger partial charge on any atom is -0.481 e. The number of anilines is 1. The number of ether oxygens (including phenoxy) is 3. The molecule has 0 radical (unpaired) electrons. The fourth-order valence-corrected chi connectivity index (χ4v) is 11.6. The van der Waals surface area contributed by atoms with E-state index in [1.54, 1.807) is 32.7 Å². The number of methoxy groups -OCH3 is 2. The molecule has 11 heterocycles. The number of halogens is 7. The zero-order valence-corrected chi connectivity index (χ0v) is 82.6. The van der Waals surface area contributed by atoms with Gasteiger partial charge in [0.1, 0.15) is 22.5 Å². The predicted octanol–water partition coefficient (Wildman–Crippen LogP) is 28.0. The molecule has 1 saturated heterocycles. The standard InChI is InChI=1S/C13H20N2O.C11H17NO.C10H12F3N.C10H15NO.3C10H15N.C9H11Cl2N.C9H12ClN.C9H12FN/c1-13(2,3)11-4-5-12(14-10-11)15-6-8-16-9-7-15;1-8-9(11(2,3)4)6-7-10(12-8)13-5;1-9(2,3)7-4-5-8(14-6-7)10(11,12)13;1-10(2,3)8-5-6-9(12-4)11-7-8;1-8-5-6-11-9(7-8)10(2,3)4;1-8-5-6-9(11-7-8)10(2,3)4;1-8-9(10(2,3)4)6-5-7-11-8;1-9(2,3)7-4-6(10)5-12-8(7)11;2*1-9(2,3)8-5-4-7(10)6-11-8/h4-5,10H,6-9H2,1-3H3;6-7H,1-5H3;4-6H,1-3H3;5-7H,1-4H3;3*5-7H,1-4H3;4-5H,1-3H3;2*4-6H,1-3H3. The third kappa shape index (κ3) is 41.8. The molecule has 11 rings (SSSR count). The summed E-state index contributed by atoms with van der Waals surface area (Å²) in [4.78, 5) is 43.8. The van der Waals surface area contributed by atoms with Gasteiger partial charge in [0.15, 0.2) is 0 Å². The van der Waals surface area contributed by atoms with Crippen molar-refractivity contribution in [2.75, 3.05) is 45.4 Å². The van der Waals surface area contributed by atoms with Crippen LogP contribution in [0.5, 0.6) is 11.8 Å². The molecule has 0 aromatic carbocycles. The first-order valence-corrected chi connectivity index (χ1v) is 42.5. The number of rotatable bonds is 3. The van der Waals surface area contributed by atoms with E-state index >= 15 is 0 Å². The first-order valence-electron chi connectivity index (χ1n) is 41.4. The molecule has 14 nitrogen and oxygen atoms in total. The molecule has 122 heavy (non-hydrogen) atoms. The van der Waals surface area contributed by atoms with Gasteiger partial charge >= 0.3 is 6.18 Å². The highest BCUT2D eigenvalue weighted by Crippen LogP contribution is 2.34. The second kappa shape index (κ2) is 47.5. The maximum atomic E-state index is 12.4. The molecule has 0 bridgehead atoms. The monoisotopic (exact) mass is 1740 g/mol. The summed E-state index contributed by atoms with van der Waals surface area (Å²) in [6.07, 6.45) is 10.9. The summed E-state index contributed by atoms with van der Waals surface area (Å²) >= 11 is 17.4. The number of pyridine rings is 10. The van der Waals surface area contributed by atoms with Gasteiger partial charge in [0, 0.05) is 131 Å². The number of hydrogen-bond acceptors (Lipinski definition) is 14. The third-order valence-electron chi connectivity index (χ3n) is 18.5. The molecule has 10 aromatic heterocycles. The van der Waals surface area contributed by atoms with Crippen LogP contribution >= 0.6 is 34.8 Å². The zero-order chi connectivity index (χ0) is 93.6. The molecular weight excluding hydrogens is 1600 g/mol. The molecule has 0 spiro atoms. The quantitative estimate of drug-likeness (QED) is 0.121. The first-order chi connectivity index (χ1) is 55.7. The van der Waals surface area contributed by atoms with Crippen LogP contribution in [0.3, 0.4) is 0 Å². The number of nitrogens with zero attached hydrogens (tertiary/aromatic N) is 11. The Morgan fingerprint density at radius 2 is 0.762 bits per heavy atom. The number of hydrogen-bond donors (Lipinski definition) is 0. The van der Waals surface area contributed by atoms with Gasteiger partial charge in [-0.25, -0.2) is 24.3 Å². The van der Waals surface area contributed by atoms with E-state index in [0.717, 1.165) is 83.5 Å². The fourth-order valence-electron chi connectivity index (χ4n) is 10.9. The van der Waals surface area contributed by atoms with E-state index in [1.165, 1.54) is 57.9 Å². The van der Waals surface area contributed by atoms with Crippen LogP contribution in [0.1, 0.15) is 292 Å². The van der Waals surface area contributed by atoms with Gasteiger partial charge in [-0.2, -0.15) is 13.2 Å². The zero-order valence-electron chi connectivity index (χ0n) is 80.3. The van der Waals surface area contributed by atoms with E-state index < -0.39 is 11.9 Å². The molecular formula is C101H144Cl3F4N11O3. The Labute approximate surface area is 746 Å². The fraction of sp³-hybridized carbons (Fsp3) is 0.505. The lowest BCUT2D eigenvalue weighted by molar-refractivity contribution is -0.141. The van der Waals surface area contributed by atoms with Crippen molar-refractivity contribution in [3.63, 3.8) is 0 Å². The van der Waals surface area contributed by atoms with Crippen molar-refractivity contribution in [3.8, 4) is 11.8 Å². The maximum absolute atomic E-state index is 12.4. The summed E-state index contributed by atoms with van der Waals surface area (Å²) in [6.45, 7) is 75.6. The molecule has 10 aromatic rings. The van der Waals surface area contributed by atoms with Gasteiger partial charge in [-0.05, 0) is 171 Å². The normalized spacial score (nSPS) is 12.5. The molecule has 21 heteroatoms. The van der Waals surface area contributed by atoms with Crippen LogP contribution in [-0.2, 0) is 65.1 Å². The van der Waals surface area contributed by atoms with E-state index in [2.05, 4.69) is 284 Å². The molecule has 670 valence electrons. The predicted molar refractivity (Wildman–Crippen MR) is 504 cm³/mol. The van der Waals surface area contributed by atoms with E-state index in [-0.39, 0.29) is 60.0 Å². The van der Waals surface area contributed by atoms with Crippen LogP contribution in [0.25, 0.3) is 0 Å². The van der Waals surface area contributed by atoms with E-state index in [4.69, 9.17) is 49.0 Å². The van der Waals surface area contributed by atoms with Gasteiger partial charge in [-0.15, -0.1) is 0 Å². The van der Waals surface area contributed by atoms with Gasteiger partial charge < -0.3 is 19.1 Å². The summed E-state index contributed by atoms with van der Waals surface area (Å²) < 4.78 is 64.2. The minimum absolute atomic E-state index is 0.00498. The molecule has 0 N–H and O–H groups in total. The molecule has 1 aliphatic heterocycles. The van der Waals surface area contributed by atoms with Crippen LogP contribution in [0.15, 0.2) is 171 Å². The Balaban J connectivity index is 0.000000460. The lowest BCUT2D eigenvalue weighted by Gasteiger charge is -2.28. The molecule has 0 unspecified atom stereocenters. The number of aryl methyl sites for hydroxylation is 4. The minimum atomic E-state index is -4.35. The van der Waals surface area contributed by atoms with Crippen LogP contribution in [0.2, 0.25) is 15.2 Å². The second-order valence-electron chi connectivity index (χ2n) is 40.3. The summed E-state index contributed by atoms with van der Waals surface area (Å²) in [5.41, 5.74) is 16.1. The Hall–Kier alpha value is -8.55. The van der Waals surface area contributed by atoms with Crippen LogP contribution in [-0.4, -0.2) is 90.4 Å². The van der Waals surface area contributed by atoms with E-state index in [0.29, 0.717) is 27.0 Å². The lowest BCUT2D eigenvalue weighted by Crippen LogP contribution is -2.36. The number of aromatic nitrogens is 10. The average molecular weight is 1740 g/mol. The average Bonchev–Trinajstić information content (AvgIpc) is 0.817. The highest BCUT2D eigenvalue weighted by molar-refractivity contribution is 6.32. The Morgan fingerprint density at radius 3 is 1.11 bits per heavy atom. The van der Waals surface area contributed by atoms with Crippen molar-refractivity contribution in [3.05, 3.63) is 276 Å². The van der Waals surface area contributed by atoms with Crippen molar-refractivity contribution >= 4 is 40.6 Å². The lowest BCUT2D eigenvalue weighted by atomic mass is 9.86. The van der Waals surface area contributed by atoms with Gasteiger partial charge in [0.05, 0.1) is 43.7 Å². The molecule has 1 aliphatic rings. The van der Waals surface area contributed by atoms with Crippen LogP contribution in [0.4, 0.5) is 23.4 Å². The Bertz CT molecular complexity index is 4500.